The molecule has 0 aliphatic carbocycles. The molecule has 2 aromatic heterocycles. The highest BCUT2D eigenvalue weighted by atomic mass is 32.2. The van der Waals surface area contributed by atoms with Gasteiger partial charge in [0.1, 0.15) is 11.5 Å². The van der Waals surface area contributed by atoms with Crippen LogP contribution in [0.1, 0.15) is 17.7 Å². The van der Waals surface area contributed by atoms with Gasteiger partial charge < -0.3 is 9.73 Å². The third-order valence-electron chi connectivity index (χ3n) is 2.81. The molecule has 0 amide bonds. The molecule has 1 atom stereocenters. The number of hydrogen-bond acceptors (Lipinski definition) is 4. The van der Waals surface area contributed by atoms with Crippen LogP contribution in [0.15, 0.2) is 22.7 Å². The fraction of sp³-hybridized carbons (Fsp3) is 0.462. The van der Waals surface area contributed by atoms with E-state index in [1.54, 1.807) is 12.5 Å². The molecule has 0 aliphatic rings. The van der Waals surface area contributed by atoms with Gasteiger partial charge in [-0.2, -0.15) is 5.10 Å². The van der Waals surface area contributed by atoms with E-state index in [1.807, 2.05) is 19.1 Å². The van der Waals surface area contributed by atoms with Crippen LogP contribution < -0.4 is 5.32 Å². The van der Waals surface area contributed by atoms with Crippen LogP contribution in [-0.2, 0) is 17.3 Å². The van der Waals surface area contributed by atoms with Crippen LogP contribution in [0.2, 0.25) is 0 Å². The number of aryl methyl sites for hydroxylation is 1. The van der Waals surface area contributed by atoms with Crippen LogP contribution in [0.4, 0.5) is 0 Å². The number of hydrogen-bond donors (Lipinski definition) is 2. The van der Waals surface area contributed by atoms with E-state index in [4.69, 9.17) is 4.42 Å². The molecule has 6 heteroatoms. The van der Waals surface area contributed by atoms with Gasteiger partial charge in [0.25, 0.3) is 0 Å². The molecule has 104 valence electrons. The van der Waals surface area contributed by atoms with Crippen molar-refractivity contribution in [3.05, 3.63) is 29.7 Å². The van der Waals surface area contributed by atoms with Gasteiger partial charge in [-0.15, -0.1) is 0 Å². The lowest BCUT2D eigenvalue weighted by atomic mass is 10.2. The van der Waals surface area contributed by atoms with Crippen LogP contribution >= 0.6 is 0 Å². The molecular weight excluding hydrogens is 262 g/mol. The Morgan fingerprint density at radius 1 is 1.47 bits per heavy atom. The first-order chi connectivity index (χ1) is 9.16. The van der Waals surface area contributed by atoms with Gasteiger partial charge in [-0.1, -0.05) is 0 Å². The van der Waals surface area contributed by atoms with Crippen molar-refractivity contribution in [2.45, 2.75) is 19.9 Å². The molecule has 5 nitrogen and oxygen atoms in total. The van der Waals surface area contributed by atoms with Gasteiger partial charge in [0.05, 0.1) is 6.20 Å². The Morgan fingerprint density at radius 2 is 2.32 bits per heavy atom. The maximum Gasteiger partial charge on any atom is 0.152 e. The summed E-state index contributed by atoms with van der Waals surface area (Å²) in [6.45, 7) is 3.49. The number of nitrogens with one attached hydrogen (secondary N) is 2. The zero-order valence-electron chi connectivity index (χ0n) is 11.2. The third-order valence-corrected chi connectivity index (χ3v) is 3.67. The van der Waals surface area contributed by atoms with Crippen molar-refractivity contribution in [1.29, 1.82) is 0 Å². The molecule has 0 spiro atoms. The van der Waals surface area contributed by atoms with E-state index in [9.17, 15) is 4.21 Å². The van der Waals surface area contributed by atoms with Crippen molar-refractivity contribution >= 4 is 10.8 Å². The Bertz CT molecular complexity index is 548. The molecule has 2 rings (SSSR count). The highest BCUT2D eigenvalue weighted by molar-refractivity contribution is 7.84. The zero-order valence-corrected chi connectivity index (χ0v) is 12.0. The summed E-state index contributed by atoms with van der Waals surface area (Å²) < 4.78 is 16.5. The molecule has 2 aromatic rings. The van der Waals surface area contributed by atoms with Crippen molar-refractivity contribution in [2.75, 3.05) is 18.6 Å². The average molecular weight is 281 g/mol. The van der Waals surface area contributed by atoms with Gasteiger partial charge in [0, 0.05) is 34.9 Å². The van der Waals surface area contributed by atoms with Gasteiger partial charge >= 0.3 is 0 Å². The first-order valence-corrected chi connectivity index (χ1v) is 7.99. The molecule has 2 N–H and O–H groups in total. The Morgan fingerprint density at radius 3 is 3.00 bits per heavy atom. The Kier molecular flexibility index (Phi) is 4.93. The van der Waals surface area contributed by atoms with E-state index < -0.39 is 10.8 Å². The van der Waals surface area contributed by atoms with Crippen molar-refractivity contribution in [2.24, 2.45) is 0 Å². The largest absolute Gasteiger partial charge is 0.460 e. The summed E-state index contributed by atoms with van der Waals surface area (Å²) in [7, 11) is -0.711. The van der Waals surface area contributed by atoms with Crippen LogP contribution in [0.25, 0.3) is 11.5 Å². The highest BCUT2D eigenvalue weighted by Gasteiger charge is 2.10. The second kappa shape index (κ2) is 6.68. The van der Waals surface area contributed by atoms with Gasteiger partial charge in [-0.05, 0) is 32.0 Å². The monoisotopic (exact) mass is 281 g/mol. The van der Waals surface area contributed by atoms with Gasteiger partial charge in [-0.3, -0.25) is 9.31 Å². The quantitative estimate of drug-likeness (QED) is 0.760. The average Bonchev–Trinajstić information content (AvgIpc) is 2.96. The molecule has 19 heavy (non-hydrogen) atoms. The van der Waals surface area contributed by atoms with Crippen molar-refractivity contribution in [1.82, 2.24) is 15.5 Å². The molecule has 0 saturated carbocycles. The number of rotatable bonds is 7. The second-order valence-corrected chi connectivity index (χ2v) is 6.04. The van der Waals surface area contributed by atoms with Crippen molar-refractivity contribution < 1.29 is 8.63 Å². The van der Waals surface area contributed by atoms with E-state index in [0.29, 0.717) is 0 Å². The number of aromatic amines is 1. The third kappa shape index (κ3) is 4.04. The molecular formula is C13H19N3O2S. The predicted octanol–water partition coefficient (Wildman–Crippen LogP) is 1.84. The lowest BCUT2D eigenvalue weighted by Gasteiger charge is -2.03. The number of aromatic nitrogens is 2. The minimum absolute atomic E-state index is 0.711. The van der Waals surface area contributed by atoms with Crippen LogP contribution in [-0.4, -0.2) is 33.0 Å². The van der Waals surface area contributed by atoms with Gasteiger partial charge in [-0.25, -0.2) is 0 Å². The van der Waals surface area contributed by atoms with Crippen molar-refractivity contribution in [3.63, 3.8) is 0 Å². The summed E-state index contributed by atoms with van der Waals surface area (Å²) in [6, 6.07) is 3.87. The molecule has 0 aromatic carbocycles. The summed E-state index contributed by atoms with van der Waals surface area (Å²) in [6.07, 6.45) is 4.45. The molecule has 2 heterocycles. The standard InChI is InChI=1S/C13H19N3O2S/c1-10-4-5-12(18-10)13-11(9-15-16-13)8-14-6-3-7-19(2)17/h4-5,9,14H,3,6-8H2,1-2H3,(H,15,16). The minimum Gasteiger partial charge on any atom is -0.460 e. The Hall–Kier alpha value is -1.40. The minimum atomic E-state index is -0.711. The summed E-state index contributed by atoms with van der Waals surface area (Å²) in [5, 5.41) is 10.3. The van der Waals surface area contributed by atoms with E-state index in [-0.39, 0.29) is 0 Å². The van der Waals surface area contributed by atoms with E-state index >= 15 is 0 Å². The van der Waals surface area contributed by atoms with Gasteiger partial charge in [0.2, 0.25) is 0 Å². The molecule has 0 radical (unpaired) electrons. The van der Waals surface area contributed by atoms with Crippen LogP contribution in [0.3, 0.4) is 0 Å². The summed E-state index contributed by atoms with van der Waals surface area (Å²) in [5.41, 5.74) is 1.99. The van der Waals surface area contributed by atoms with Crippen LogP contribution in [0, 0.1) is 6.92 Å². The number of furan rings is 1. The fourth-order valence-electron chi connectivity index (χ4n) is 1.85. The normalized spacial score (nSPS) is 12.7. The predicted molar refractivity (Wildman–Crippen MR) is 76.3 cm³/mol. The first-order valence-electron chi connectivity index (χ1n) is 6.26. The Balaban J connectivity index is 1.88. The summed E-state index contributed by atoms with van der Waals surface area (Å²) in [5.74, 6) is 2.43. The van der Waals surface area contributed by atoms with E-state index in [2.05, 4.69) is 15.5 Å². The number of nitrogens with zero attached hydrogens (tertiary/aromatic N) is 1. The highest BCUT2D eigenvalue weighted by Crippen LogP contribution is 2.23. The summed E-state index contributed by atoms with van der Waals surface area (Å²) in [4.78, 5) is 0. The van der Waals surface area contributed by atoms with Crippen molar-refractivity contribution in [3.8, 4) is 11.5 Å². The maximum absolute atomic E-state index is 10.9. The molecule has 1 unspecified atom stereocenters. The molecule has 0 bridgehead atoms. The Labute approximate surface area is 115 Å². The van der Waals surface area contributed by atoms with Crippen LogP contribution in [0.5, 0.6) is 0 Å². The topological polar surface area (TPSA) is 70.9 Å². The SMILES string of the molecule is Cc1ccc(-c2[nH]ncc2CNCCCS(C)=O)o1. The number of H-pyrrole nitrogens is 1. The van der Waals surface area contributed by atoms with Gasteiger partial charge in [0.15, 0.2) is 5.76 Å². The molecule has 0 fully saturated rings. The van der Waals surface area contributed by atoms with E-state index in [0.717, 1.165) is 48.0 Å². The second-order valence-electron chi connectivity index (χ2n) is 4.49. The summed E-state index contributed by atoms with van der Waals surface area (Å²) >= 11 is 0. The fourth-order valence-corrected chi connectivity index (χ4v) is 2.40. The molecule has 0 saturated heterocycles. The smallest absolute Gasteiger partial charge is 0.152 e. The lowest BCUT2D eigenvalue weighted by Crippen LogP contribution is -2.16. The maximum atomic E-state index is 10.9. The zero-order chi connectivity index (χ0) is 13.7. The first kappa shape index (κ1) is 14.0. The molecule has 0 aliphatic heterocycles. The lowest BCUT2D eigenvalue weighted by molar-refractivity contribution is 0.545. The van der Waals surface area contributed by atoms with E-state index in [1.165, 1.54) is 0 Å².